The average molecular weight is 247 g/mol. The van der Waals surface area contributed by atoms with Gasteiger partial charge in [0.25, 0.3) is 0 Å². The Morgan fingerprint density at radius 2 is 2.28 bits per heavy atom. The number of aromatic nitrogens is 2. The Labute approximate surface area is 103 Å². The smallest absolute Gasteiger partial charge is 0.222 e. The highest BCUT2D eigenvalue weighted by Crippen LogP contribution is 2.28. The molecule has 94 valence electrons. The summed E-state index contributed by atoms with van der Waals surface area (Å²) in [5.41, 5.74) is 1.38. The van der Waals surface area contributed by atoms with Crippen LogP contribution in [0, 0.1) is 0 Å². The predicted octanol–water partition coefficient (Wildman–Crippen LogP) is 1.62. The molecule has 0 aromatic carbocycles. The van der Waals surface area contributed by atoms with Gasteiger partial charge in [0.1, 0.15) is 5.76 Å². The summed E-state index contributed by atoms with van der Waals surface area (Å²) in [5, 5.41) is 16.4. The number of hydrogen-bond acceptors (Lipinski definition) is 4. The first-order chi connectivity index (χ1) is 8.54. The highest BCUT2D eigenvalue weighted by Gasteiger charge is 2.14. The van der Waals surface area contributed by atoms with E-state index in [2.05, 4.69) is 17.0 Å². The number of amides is 1. The van der Waals surface area contributed by atoms with Crippen molar-refractivity contribution in [2.75, 3.05) is 12.4 Å². The van der Waals surface area contributed by atoms with Crippen LogP contribution in [0.15, 0.2) is 24.9 Å². The fourth-order valence-corrected chi connectivity index (χ4v) is 1.65. The molecule has 0 aliphatic rings. The van der Waals surface area contributed by atoms with E-state index >= 15 is 0 Å². The second kappa shape index (κ2) is 4.40. The zero-order valence-electron chi connectivity index (χ0n) is 10.1. The van der Waals surface area contributed by atoms with Gasteiger partial charge in [-0.2, -0.15) is 5.10 Å². The van der Waals surface area contributed by atoms with Gasteiger partial charge in [-0.1, -0.05) is 6.58 Å². The molecule has 1 amide bonds. The van der Waals surface area contributed by atoms with Crippen LogP contribution in [0.3, 0.4) is 0 Å². The SMILES string of the molecule is C=C(OC)c1cnn2c(NC(C)=O)c(O)ccc12. The van der Waals surface area contributed by atoms with Crippen molar-refractivity contribution in [2.45, 2.75) is 6.92 Å². The molecule has 0 unspecified atom stereocenters. The Balaban J connectivity index is 2.64. The van der Waals surface area contributed by atoms with Crippen LogP contribution in [-0.2, 0) is 9.53 Å². The molecule has 2 rings (SSSR count). The number of methoxy groups -OCH3 is 1. The van der Waals surface area contributed by atoms with Gasteiger partial charge in [-0.3, -0.25) is 4.79 Å². The van der Waals surface area contributed by atoms with Crippen LogP contribution < -0.4 is 5.32 Å². The average Bonchev–Trinajstić information content (AvgIpc) is 2.75. The van der Waals surface area contributed by atoms with Gasteiger partial charge in [-0.25, -0.2) is 4.52 Å². The number of nitrogens with zero attached hydrogens (tertiary/aromatic N) is 2. The zero-order valence-corrected chi connectivity index (χ0v) is 10.1. The van der Waals surface area contributed by atoms with E-state index in [4.69, 9.17) is 4.74 Å². The summed E-state index contributed by atoms with van der Waals surface area (Å²) < 4.78 is 6.48. The standard InChI is InChI=1S/C12H13N3O3/c1-7(18-3)9-6-13-15-10(9)4-5-11(17)12(15)14-8(2)16/h4-6,17H,1H2,2-3H3,(H,14,16). The quantitative estimate of drug-likeness (QED) is 0.808. The minimum Gasteiger partial charge on any atom is -0.504 e. The number of anilines is 1. The number of rotatable bonds is 3. The number of carbonyl (C=O) groups excluding carboxylic acids is 1. The molecule has 0 atom stereocenters. The molecule has 0 bridgehead atoms. The number of ether oxygens (including phenoxy) is 1. The number of aromatic hydroxyl groups is 1. The number of pyridine rings is 1. The van der Waals surface area contributed by atoms with Crippen molar-refractivity contribution in [3.8, 4) is 5.75 Å². The van der Waals surface area contributed by atoms with Crippen molar-refractivity contribution >= 4 is 23.0 Å². The van der Waals surface area contributed by atoms with E-state index in [1.807, 2.05) is 0 Å². The van der Waals surface area contributed by atoms with Gasteiger partial charge in [0.05, 0.1) is 24.4 Å². The molecule has 2 heterocycles. The Morgan fingerprint density at radius 1 is 1.56 bits per heavy atom. The van der Waals surface area contributed by atoms with Crippen molar-refractivity contribution in [1.82, 2.24) is 9.61 Å². The Kier molecular flexibility index (Phi) is 2.93. The zero-order chi connectivity index (χ0) is 13.3. The van der Waals surface area contributed by atoms with Crippen molar-refractivity contribution in [3.05, 3.63) is 30.5 Å². The van der Waals surface area contributed by atoms with E-state index < -0.39 is 0 Å². The lowest BCUT2D eigenvalue weighted by Gasteiger charge is -2.08. The first-order valence-electron chi connectivity index (χ1n) is 5.25. The number of fused-ring (bicyclic) bond motifs is 1. The van der Waals surface area contributed by atoms with Gasteiger partial charge in [0.2, 0.25) is 5.91 Å². The predicted molar refractivity (Wildman–Crippen MR) is 67.2 cm³/mol. The Hall–Kier alpha value is -2.50. The van der Waals surface area contributed by atoms with Crippen molar-refractivity contribution in [2.24, 2.45) is 0 Å². The number of carbonyl (C=O) groups is 1. The lowest BCUT2D eigenvalue weighted by molar-refractivity contribution is -0.114. The molecule has 0 spiro atoms. The highest BCUT2D eigenvalue weighted by molar-refractivity contribution is 5.90. The summed E-state index contributed by atoms with van der Waals surface area (Å²) in [5.74, 6) is 0.329. The van der Waals surface area contributed by atoms with Gasteiger partial charge >= 0.3 is 0 Å². The molecule has 18 heavy (non-hydrogen) atoms. The summed E-state index contributed by atoms with van der Waals surface area (Å²) in [6, 6.07) is 3.15. The molecule has 0 saturated carbocycles. The van der Waals surface area contributed by atoms with Crippen molar-refractivity contribution < 1.29 is 14.6 Å². The third-order valence-corrected chi connectivity index (χ3v) is 2.50. The van der Waals surface area contributed by atoms with E-state index in [0.29, 0.717) is 16.8 Å². The van der Waals surface area contributed by atoms with Crippen LogP contribution in [0.4, 0.5) is 5.82 Å². The van der Waals surface area contributed by atoms with Crippen LogP contribution in [0.2, 0.25) is 0 Å². The molecule has 6 heteroatoms. The molecule has 2 N–H and O–H groups in total. The lowest BCUT2D eigenvalue weighted by atomic mass is 10.2. The lowest BCUT2D eigenvalue weighted by Crippen LogP contribution is -2.10. The van der Waals surface area contributed by atoms with E-state index in [0.717, 1.165) is 0 Å². The molecule has 6 nitrogen and oxygen atoms in total. The minimum atomic E-state index is -0.291. The molecule has 0 aliphatic carbocycles. The van der Waals surface area contributed by atoms with Gasteiger partial charge in [-0.15, -0.1) is 0 Å². The van der Waals surface area contributed by atoms with Crippen molar-refractivity contribution in [1.29, 1.82) is 0 Å². The van der Waals surface area contributed by atoms with Gasteiger partial charge in [0.15, 0.2) is 11.6 Å². The van der Waals surface area contributed by atoms with E-state index in [9.17, 15) is 9.90 Å². The maximum atomic E-state index is 11.1. The molecule has 0 saturated heterocycles. The first kappa shape index (κ1) is 12.0. The molecular formula is C12H13N3O3. The van der Waals surface area contributed by atoms with Gasteiger partial charge in [0, 0.05) is 6.92 Å². The van der Waals surface area contributed by atoms with E-state index in [-0.39, 0.29) is 17.5 Å². The summed E-state index contributed by atoms with van der Waals surface area (Å²) in [4.78, 5) is 11.1. The summed E-state index contributed by atoms with van der Waals surface area (Å²) in [6.45, 7) is 5.11. The van der Waals surface area contributed by atoms with Crippen molar-refractivity contribution in [3.63, 3.8) is 0 Å². The minimum absolute atomic E-state index is 0.0598. The van der Waals surface area contributed by atoms with Crippen LogP contribution in [-0.4, -0.2) is 27.7 Å². The van der Waals surface area contributed by atoms with E-state index in [1.165, 1.54) is 24.6 Å². The van der Waals surface area contributed by atoms with Crippen LogP contribution >= 0.6 is 0 Å². The molecule has 2 aromatic heterocycles. The third-order valence-electron chi connectivity index (χ3n) is 2.50. The van der Waals surface area contributed by atoms with Crippen LogP contribution in [0.1, 0.15) is 12.5 Å². The monoisotopic (exact) mass is 247 g/mol. The number of hydrogen-bond donors (Lipinski definition) is 2. The van der Waals surface area contributed by atoms with Crippen LogP contribution in [0.25, 0.3) is 11.3 Å². The third kappa shape index (κ3) is 1.88. The fourth-order valence-electron chi connectivity index (χ4n) is 1.65. The molecular weight excluding hydrogens is 234 g/mol. The molecule has 0 radical (unpaired) electrons. The number of nitrogens with one attached hydrogen (secondary N) is 1. The van der Waals surface area contributed by atoms with Gasteiger partial charge < -0.3 is 15.2 Å². The second-order valence-electron chi connectivity index (χ2n) is 3.73. The highest BCUT2D eigenvalue weighted by atomic mass is 16.5. The molecule has 0 fully saturated rings. The molecule has 0 aliphatic heterocycles. The maximum absolute atomic E-state index is 11.1. The molecule has 2 aromatic rings. The summed E-state index contributed by atoms with van der Waals surface area (Å²) in [7, 11) is 1.51. The summed E-state index contributed by atoms with van der Waals surface area (Å²) in [6.07, 6.45) is 1.56. The maximum Gasteiger partial charge on any atom is 0.222 e. The Morgan fingerprint density at radius 3 is 2.89 bits per heavy atom. The summed E-state index contributed by atoms with van der Waals surface area (Å²) >= 11 is 0. The first-order valence-corrected chi connectivity index (χ1v) is 5.25. The normalized spacial score (nSPS) is 10.3. The fraction of sp³-hybridized carbons (Fsp3) is 0.167. The van der Waals surface area contributed by atoms with Gasteiger partial charge in [-0.05, 0) is 12.1 Å². The van der Waals surface area contributed by atoms with E-state index in [1.54, 1.807) is 12.3 Å². The van der Waals surface area contributed by atoms with Crippen LogP contribution in [0.5, 0.6) is 5.75 Å². The topological polar surface area (TPSA) is 75.9 Å². The largest absolute Gasteiger partial charge is 0.504 e. The second-order valence-corrected chi connectivity index (χ2v) is 3.73. The Bertz CT molecular complexity index is 631.